The molecule has 0 aromatic heterocycles. The van der Waals surface area contributed by atoms with Gasteiger partial charge in [-0.3, -0.25) is 5.43 Å². The van der Waals surface area contributed by atoms with Crippen molar-refractivity contribution in [3.05, 3.63) is 0 Å². The predicted molar refractivity (Wildman–Crippen MR) is 37.3 cm³/mol. The summed E-state index contributed by atoms with van der Waals surface area (Å²) in [6, 6.07) is -0.630. The molecule has 10 heavy (non-hydrogen) atoms. The van der Waals surface area contributed by atoms with Gasteiger partial charge in [-0.25, -0.2) is 10.6 Å². The van der Waals surface area contributed by atoms with E-state index in [0.29, 0.717) is 0 Å². The van der Waals surface area contributed by atoms with Crippen LogP contribution in [0.1, 0.15) is 20.8 Å². The second kappa shape index (κ2) is 3.26. The van der Waals surface area contributed by atoms with E-state index in [4.69, 9.17) is 5.84 Å². The summed E-state index contributed by atoms with van der Waals surface area (Å²) in [6.07, 6.45) is 0. The zero-order chi connectivity index (χ0) is 8.20. The number of nitrogens with two attached hydrogens (primary N) is 1. The van der Waals surface area contributed by atoms with Crippen molar-refractivity contribution in [1.82, 2.24) is 5.43 Å². The molecule has 0 radical (unpaired) electrons. The molecule has 0 aliphatic rings. The van der Waals surface area contributed by atoms with Gasteiger partial charge in [-0.2, -0.15) is 5.11 Å². The lowest BCUT2D eigenvalue weighted by Gasteiger charge is -2.07. The van der Waals surface area contributed by atoms with E-state index in [2.05, 4.69) is 10.2 Å². The summed E-state index contributed by atoms with van der Waals surface area (Å²) < 4.78 is 0. The fourth-order valence-corrected chi connectivity index (χ4v) is 0.224. The molecule has 0 aromatic rings. The van der Waals surface area contributed by atoms with Crippen molar-refractivity contribution in [3.63, 3.8) is 0 Å². The van der Waals surface area contributed by atoms with E-state index in [9.17, 15) is 4.79 Å². The number of hydrazine groups is 1. The monoisotopic (exact) mass is 144 g/mol. The van der Waals surface area contributed by atoms with Gasteiger partial charge in [0.15, 0.2) is 0 Å². The first-order valence-corrected chi connectivity index (χ1v) is 2.89. The Balaban J connectivity index is 3.88. The van der Waals surface area contributed by atoms with Crippen LogP contribution in [0, 0.1) is 0 Å². The van der Waals surface area contributed by atoms with Crippen molar-refractivity contribution in [2.24, 2.45) is 16.1 Å². The molecule has 0 atom stereocenters. The van der Waals surface area contributed by atoms with Crippen LogP contribution in [0.25, 0.3) is 0 Å². The number of hydrogen-bond donors (Lipinski definition) is 2. The van der Waals surface area contributed by atoms with Gasteiger partial charge in [0, 0.05) is 0 Å². The summed E-state index contributed by atoms with van der Waals surface area (Å²) in [7, 11) is 0. The molecular weight excluding hydrogens is 132 g/mol. The Kier molecular flexibility index (Phi) is 2.95. The van der Waals surface area contributed by atoms with Crippen LogP contribution in [0.15, 0.2) is 10.2 Å². The second-order valence-corrected chi connectivity index (χ2v) is 2.82. The zero-order valence-electron chi connectivity index (χ0n) is 6.38. The van der Waals surface area contributed by atoms with E-state index in [1.165, 1.54) is 0 Å². The topological polar surface area (TPSA) is 79.8 Å². The normalized spacial score (nSPS) is 12.0. The Morgan fingerprint density at radius 1 is 1.50 bits per heavy atom. The first-order valence-electron chi connectivity index (χ1n) is 2.89. The van der Waals surface area contributed by atoms with Crippen LogP contribution in [-0.4, -0.2) is 11.6 Å². The summed E-state index contributed by atoms with van der Waals surface area (Å²) in [5.41, 5.74) is 1.51. The van der Waals surface area contributed by atoms with E-state index in [1.54, 1.807) is 0 Å². The fourth-order valence-electron chi connectivity index (χ4n) is 0.224. The molecule has 0 aliphatic carbocycles. The maximum Gasteiger partial charge on any atom is 0.373 e. The zero-order valence-corrected chi connectivity index (χ0v) is 6.38. The van der Waals surface area contributed by atoms with Gasteiger partial charge in [-0.05, 0) is 20.8 Å². The van der Waals surface area contributed by atoms with Crippen LogP contribution >= 0.6 is 0 Å². The molecule has 0 rings (SSSR count). The highest BCUT2D eigenvalue weighted by atomic mass is 16.2. The standard InChI is InChI=1S/C5H12N4O/c1-5(2,3)9-8-4(10)7-6/h6H2,1-3H3,(H,7,10). The molecule has 5 heteroatoms. The summed E-state index contributed by atoms with van der Waals surface area (Å²) in [5.74, 6) is 4.75. The lowest BCUT2D eigenvalue weighted by Crippen LogP contribution is -2.27. The lowest BCUT2D eigenvalue weighted by atomic mass is 10.1. The molecule has 5 nitrogen and oxygen atoms in total. The van der Waals surface area contributed by atoms with Gasteiger partial charge < -0.3 is 0 Å². The first kappa shape index (κ1) is 9.03. The number of hydrogen-bond acceptors (Lipinski definition) is 3. The first-order chi connectivity index (χ1) is 4.45. The molecule has 0 unspecified atom stereocenters. The van der Waals surface area contributed by atoms with E-state index in [1.807, 2.05) is 26.2 Å². The molecule has 0 fully saturated rings. The minimum Gasteiger partial charge on any atom is -0.273 e. The average Bonchev–Trinajstić information content (AvgIpc) is 1.81. The van der Waals surface area contributed by atoms with Crippen molar-refractivity contribution in [2.45, 2.75) is 26.3 Å². The summed E-state index contributed by atoms with van der Waals surface area (Å²) >= 11 is 0. The van der Waals surface area contributed by atoms with E-state index in [0.717, 1.165) is 0 Å². The minimum atomic E-state index is -0.630. The Bertz CT molecular complexity index is 146. The van der Waals surface area contributed by atoms with Gasteiger partial charge in [0.25, 0.3) is 0 Å². The Labute approximate surface area is 59.7 Å². The molecule has 0 spiro atoms. The molecule has 3 N–H and O–H groups in total. The van der Waals surface area contributed by atoms with Gasteiger partial charge in [0.1, 0.15) is 0 Å². The van der Waals surface area contributed by atoms with Crippen LogP contribution < -0.4 is 11.3 Å². The molecule has 2 amide bonds. The van der Waals surface area contributed by atoms with E-state index >= 15 is 0 Å². The lowest BCUT2D eigenvalue weighted by molar-refractivity contribution is 0.247. The third-order valence-electron chi connectivity index (χ3n) is 0.564. The van der Waals surface area contributed by atoms with Crippen molar-refractivity contribution in [1.29, 1.82) is 0 Å². The molecule has 0 heterocycles. The number of carbonyl (C=O) groups excluding carboxylic acids is 1. The van der Waals surface area contributed by atoms with E-state index in [-0.39, 0.29) is 5.54 Å². The van der Waals surface area contributed by atoms with Crippen LogP contribution in [-0.2, 0) is 0 Å². The number of nitrogens with one attached hydrogen (secondary N) is 1. The number of azo groups is 1. The third kappa shape index (κ3) is 5.17. The van der Waals surface area contributed by atoms with Gasteiger partial charge in [0.05, 0.1) is 5.54 Å². The largest absolute Gasteiger partial charge is 0.373 e. The highest BCUT2D eigenvalue weighted by molar-refractivity contribution is 5.73. The number of nitrogens with zero attached hydrogens (tertiary/aromatic N) is 2. The minimum absolute atomic E-state index is 0.327. The number of carbonyl (C=O) groups is 1. The molecule has 0 aromatic carbocycles. The summed E-state index contributed by atoms with van der Waals surface area (Å²) in [6.45, 7) is 5.50. The van der Waals surface area contributed by atoms with E-state index < -0.39 is 6.03 Å². The highest BCUT2D eigenvalue weighted by Gasteiger charge is 2.07. The molecule has 0 bridgehead atoms. The van der Waals surface area contributed by atoms with Gasteiger partial charge in [-0.15, -0.1) is 0 Å². The predicted octanol–water partition coefficient (Wildman–Crippen LogP) is 0.820. The van der Waals surface area contributed by atoms with Crippen LogP contribution in [0.4, 0.5) is 4.79 Å². The Morgan fingerprint density at radius 2 is 2.00 bits per heavy atom. The van der Waals surface area contributed by atoms with Crippen molar-refractivity contribution < 1.29 is 4.79 Å². The number of amides is 2. The van der Waals surface area contributed by atoms with Gasteiger partial charge in [-0.1, -0.05) is 5.11 Å². The maximum absolute atomic E-state index is 10.4. The Hall–Kier alpha value is -0.970. The smallest absolute Gasteiger partial charge is 0.273 e. The van der Waals surface area contributed by atoms with Crippen LogP contribution in [0.5, 0.6) is 0 Å². The van der Waals surface area contributed by atoms with Crippen molar-refractivity contribution in [3.8, 4) is 0 Å². The van der Waals surface area contributed by atoms with Crippen LogP contribution in [0.3, 0.4) is 0 Å². The Morgan fingerprint density at radius 3 is 2.30 bits per heavy atom. The molecule has 0 aliphatic heterocycles. The quantitative estimate of drug-likeness (QED) is 0.228. The third-order valence-corrected chi connectivity index (χ3v) is 0.564. The number of rotatable bonds is 0. The maximum atomic E-state index is 10.4. The van der Waals surface area contributed by atoms with Crippen molar-refractivity contribution in [2.75, 3.05) is 0 Å². The molecule has 0 saturated heterocycles. The van der Waals surface area contributed by atoms with Gasteiger partial charge >= 0.3 is 6.03 Å². The SMILES string of the molecule is CC(C)(C)N=NC(=O)NN. The highest BCUT2D eigenvalue weighted by Crippen LogP contribution is 2.05. The fraction of sp³-hybridized carbons (Fsp3) is 0.800. The van der Waals surface area contributed by atoms with Crippen LogP contribution in [0.2, 0.25) is 0 Å². The second-order valence-electron chi connectivity index (χ2n) is 2.82. The number of urea groups is 1. The average molecular weight is 144 g/mol. The summed E-state index contributed by atoms with van der Waals surface area (Å²) in [4.78, 5) is 10.4. The molecule has 0 saturated carbocycles. The van der Waals surface area contributed by atoms with Crippen molar-refractivity contribution >= 4 is 6.03 Å². The molecule has 58 valence electrons. The summed E-state index contributed by atoms with van der Waals surface area (Å²) in [5, 5.41) is 6.92. The van der Waals surface area contributed by atoms with Gasteiger partial charge in [0.2, 0.25) is 0 Å². The molecular formula is C5H12N4O.